The zero-order valence-electron chi connectivity index (χ0n) is 8.83. The average Bonchev–Trinajstić information content (AvgIpc) is 2.23. The van der Waals surface area contributed by atoms with Crippen LogP contribution in [0.3, 0.4) is 0 Å². The fourth-order valence-electron chi connectivity index (χ4n) is 1.39. The van der Waals surface area contributed by atoms with E-state index in [2.05, 4.69) is 20.7 Å². The third-order valence-corrected chi connectivity index (χ3v) is 3.00. The summed E-state index contributed by atoms with van der Waals surface area (Å²) in [6.07, 6.45) is 2.21. The molecule has 1 heterocycles. The van der Waals surface area contributed by atoms with E-state index >= 15 is 0 Å². The molecule has 5 heteroatoms. The van der Waals surface area contributed by atoms with Crippen molar-refractivity contribution in [3.8, 4) is 0 Å². The fourth-order valence-corrected chi connectivity index (χ4v) is 2.17. The monoisotopic (exact) mass is 273 g/mol. The molecule has 0 aromatic carbocycles. The van der Waals surface area contributed by atoms with Crippen molar-refractivity contribution in [2.75, 3.05) is 7.11 Å². The van der Waals surface area contributed by atoms with Gasteiger partial charge in [0.25, 0.3) is 0 Å². The fraction of sp³-hybridized carbons (Fsp3) is 0.400. The molecule has 0 unspecified atom stereocenters. The minimum absolute atomic E-state index is 0.0454. The molecule has 0 saturated carbocycles. The number of esters is 1. The Labute approximate surface area is 96.0 Å². The molecule has 0 aliphatic rings. The SMILES string of the molecule is CCc1c(Br)c(=O)c(C(=O)OC)cn1C. The van der Waals surface area contributed by atoms with Crippen molar-refractivity contribution in [2.45, 2.75) is 13.3 Å². The summed E-state index contributed by atoms with van der Waals surface area (Å²) in [5, 5.41) is 0. The van der Waals surface area contributed by atoms with Gasteiger partial charge in [-0.2, -0.15) is 0 Å². The highest BCUT2D eigenvalue weighted by Gasteiger charge is 2.16. The highest BCUT2D eigenvalue weighted by Crippen LogP contribution is 2.13. The first kappa shape index (κ1) is 12.0. The van der Waals surface area contributed by atoms with Crippen LogP contribution in [0, 0.1) is 0 Å². The number of halogens is 1. The minimum atomic E-state index is -0.612. The standard InChI is InChI=1S/C10H12BrNO3/c1-4-7-8(11)9(13)6(5-12(7)2)10(14)15-3/h5H,4H2,1-3H3. The topological polar surface area (TPSA) is 48.3 Å². The van der Waals surface area contributed by atoms with Crippen LogP contribution in [0.2, 0.25) is 0 Å². The lowest BCUT2D eigenvalue weighted by atomic mass is 10.2. The number of ether oxygens (including phenoxy) is 1. The first-order chi connectivity index (χ1) is 7.02. The van der Waals surface area contributed by atoms with Crippen LogP contribution >= 0.6 is 15.9 Å². The van der Waals surface area contributed by atoms with Crippen LogP contribution in [0.1, 0.15) is 23.0 Å². The molecule has 0 saturated heterocycles. The Morgan fingerprint density at radius 2 is 2.20 bits per heavy atom. The highest BCUT2D eigenvalue weighted by atomic mass is 79.9. The molecule has 15 heavy (non-hydrogen) atoms. The van der Waals surface area contributed by atoms with Gasteiger partial charge in [-0.25, -0.2) is 4.79 Å². The Bertz CT molecular complexity index is 451. The number of carbonyl (C=O) groups excluding carboxylic acids is 1. The highest BCUT2D eigenvalue weighted by molar-refractivity contribution is 9.10. The number of carbonyl (C=O) groups is 1. The molecule has 0 fully saturated rings. The summed E-state index contributed by atoms with van der Waals surface area (Å²) in [5.41, 5.74) is 0.577. The predicted molar refractivity (Wildman–Crippen MR) is 60.1 cm³/mol. The zero-order chi connectivity index (χ0) is 11.6. The van der Waals surface area contributed by atoms with Crippen molar-refractivity contribution in [1.82, 2.24) is 4.57 Å². The van der Waals surface area contributed by atoms with Crippen molar-refractivity contribution in [3.63, 3.8) is 0 Å². The Kier molecular flexibility index (Phi) is 3.68. The summed E-state index contributed by atoms with van der Waals surface area (Å²) in [5.74, 6) is -0.612. The van der Waals surface area contributed by atoms with Gasteiger partial charge >= 0.3 is 5.97 Å². The number of aromatic nitrogens is 1. The second-order valence-electron chi connectivity index (χ2n) is 3.09. The summed E-state index contributed by atoms with van der Waals surface area (Å²) in [6.45, 7) is 1.94. The van der Waals surface area contributed by atoms with E-state index in [0.29, 0.717) is 10.9 Å². The lowest BCUT2D eigenvalue weighted by Crippen LogP contribution is -2.21. The van der Waals surface area contributed by atoms with E-state index < -0.39 is 5.97 Å². The van der Waals surface area contributed by atoms with E-state index in [1.54, 1.807) is 11.6 Å². The average molecular weight is 274 g/mol. The lowest BCUT2D eigenvalue weighted by Gasteiger charge is -2.10. The Balaban J connectivity index is 3.48. The van der Waals surface area contributed by atoms with Crippen molar-refractivity contribution < 1.29 is 9.53 Å². The van der Waals surface area contributed by atoms with Crippen LogP contribution in [-0.2, 0) is 18.2 Å². The number of rotatable bonds is 2. The Morgan fingerprint density at radius 3 is 2.67 bits per heavy atom. The summed E-state index contributed by atoms with van der Waals surface area (Å²) >= 11 is 3.20. The molecular weight excluding hydrogens is 262 g/mol. The van der Waals surface area contributed by atoms with Gasteiger partial charge in [-0.1, -0.05) is 6.92 Å². The molecule has 0 aliphatic carbocycles. The van der Waals surface area contributed by atoms with Crippen LogP contribution < -0.4 is 5.43 Å². The second kappa shape index (κ2) is 4.61. The molecule has 1 aromatic rings. The van der Waals surface area contributed by atoms with Crippen LogP contribution in [-0.4, -0.2) is 17.6 Å². The Hall–Kier alpha value is -1.10. The van der Waals surface area contributed by atoms with E-state index in [1.165, 1.54) is 13.3 Å². The quantitative estimate of drug-likeness (QED) is 0.768. The largest absolute Gasteiger partial charge is 0.465 e. The molecule has 1 aromatic heterocycles. The molecule has 82 valence electrons. The smallest absolute Gasteiger partial charge is 0.343 e. The summed E-state index contributed by atoms with van der Waals surface area (Å²) in [4.78, 5) is 23.0. The van der Waals surface area contributed by atoms with Crippen molar-refractivity contribution in [3.05, 3.63) is 32.2 Å². The third kappa shape index (κ3) is 2.12. The normalized spacial score (nSPS) is 10.1. The number of aryl methyl sites for hydroxylation is 1. The number of methoxy groups -OCH3 is 1. The van der Waals surface area contributed by atoms with Crippen LogP contribution in [0.25, 0.3) is 0 Å². The lowest BCUT2D eigenvalue weighted by molar-refractivity contribution is 0.0598. The first-order valence-electron chi connectivity index (χ1n) is 4.49. The van der Waals surface area contributed by atoms with E-state index in [4.69, 9.17) is 0 Å². The van der Waals surface area contributed by atoms with Gasteiger partial charge in [0.05, 0.1) is 11.6 Å². The molecular formula is C10H12BrNO3. The van der Waals surface area contributed by atoms with Crippen LogP contribution in [0.15, 0.2) is 15.5 Å². The summed E-state index contributed by atoms with van der Waals surface area (Å²) < 4.78 is 6.70. The van der Waals surface area contributed by atoms with Gasteiger partial charge in [-0.15, -0.1) is 0 Å². The van der Waals surface area contributed by atoms with Crippen LogP contribution in [0.4, 0.5) is 0 Å². The molecule has 0 radical (unpaired) electrons. The summed E-state index contributed by atoms with van der Waals surface area (Å²) in [6, 6.07) is 0. The molecule has 1 rings (SSSR count). The van der Waals surface area contributed by atoms with Crippen molar-refractivity contribution in [2.24, 2.45) is 7.05 Å². The molecule has 0 N–H and O–H groups in total. The van der Waals surface area contributed by atoms with Gasteiger partial charge in [-0.3, -0.25) is 4.79 Å². The molecule has 0 atom stereocenters. The Morgan fingerprint density at radius 1 is 1.60 bits per heavy atom. The second-order valence-corrected chi connectivity index (χ2v) is 3.88. The van der Waals surface area contributed by atoms with Gasteiger partial charge in [0, 0.05) is 18.9 Å². The van der Waals surface area contributed by atoms with Gasteiger partial charge in [0.2, 0.25) is 5.43 Å². The number of nitrogens with zero attached hydrogens (tertiary/aromatic N) is 1. The predicted octanol–water partition coefficient (Wildman–Crippen LogP) is 1.50. The zero-order valence-corrected chi connectivity index (χ0v) is 10.4. The molecule has 0 aliphatic heterocycles. The van der Waals surface area contributed by atoms with Crippen LogP contribution in [0.5, 0.6) is 0 Å². The van der Waals surface area contributed by atoms with Gasteiger partial charge in [-0.05, 0) is 22.4 Å². The molecule has 4 nitrogen and oxygen atoms in total. The minimum Gasteiger partial charge on any atom is -0.465 e. The van der Waals surface area contributed by atoms with E-state index in [0.717, 1.165) is 5.69 Å². The van der Waals surface area contributed by atoms with Gasteiger partial charge < -0.3 is 9.30 Å². The third-order valence-electron chi connectivity index (χ3n) is 2.19. The number of hydrogen-bond donors (Lipinski definition) is 0. The van der Waals surface area contributed by atoms with Crippen molar-refractivity contribution in [1.29, 1.82) is 0 Å². The summed E-state index contributed by atoms with van der Waals surface area (Å²) in [7, 11) is 3.04. The maximum absolute atomic E-state index is 11.7. The molecule has 0 bridgehead atoms. The first-order valence-corrected chi connectivity index (χ1v) is 5.28. The maximum Gasteiger partial charge on any atom is 0.343 e. The number of hydrogen-bond acceptors (Lipinski definition) is 3. The van der Waals surface area contributed by atoms with Gasteiger partial charge in [0.15, 0.2) is 0 Å². The molecule has 0 amide bonds. The van der Waals surface area contributed by atoms with Crippen molar-refractivity contribution >= 4 is 21.9 Å². The maximum atomic E-state index is 11.7. The van der Waals surface area contributed by atoms with E-state index in [9.17, 15) is 9.59 Å². The van der Waals surface area contributed by atoms with Gasteiger partial charge in [0.1, 0.15) is 5.56 Å². The van der Waals surface area contributed by atoms with E-state index in [1.807, 2.05) is 6.92 Å². The number of pyridine rings is 1. The molecule has 0 spiro atoms. The van der Waals surface area contributed by atoms with E-state index in [-0.39, 0.29) is 11.0 Å².